The third kappa shape index (κ3) is 5.41. The lowest BCUT2D eigenvalue weighted by Gasteiger charge is -2.25. The minimum absolute atomic E-state index is 0.293. The number of amides is 1. The van der Waals surface area contributed by atoms with Gasteiger partial charge in [0.25, 0.3) is 5.91 Å². The molecular formula is C18H15F3N2O3. The molecule has 2 aromatic rings. The highest BCUT2D eigenvalue weighted by molar-refractivity contribution is 5.97. The number of carbonyl (C=O) groups is 1. The Bertz CT molecular complexity index is 808. The Labute approximate surface area is 148 Å². The maximum atomic E-state index is 12.4. The van der Waals surface area contributed by atoms with E-state index < -0.39 is 17.9 Å². The van der Waals surface area contributed by atoms with Crippen LogP contribution in [0.4, 0.5) is 18.9 Å². The molecule has 0 aliphatic rings. The Balaban J connectivity index is 2.01. The smallest absolute Gasteiger partial charge is 0.478 e. The van der Waals surface area contributed by atoms with E-state index in [2.05, 4.69) is 10.1 Å². The van der Waals surface area contributed by atoms with Crippen molar-refractivity contribution in [3.05, 3.63) is 54.1 Å². The van der Waals surface area contributed by atoms with E-state index in [1.807, 2.05) is 6.07 Å². The summed E-state index contributed by atoms with van der Waals surface area (Å²) in [7, 11) is 0. The van der Waals surface area contributed by atoms with Crippen LogP contribution >= 0.6 is 0 Å². The third-order valence-electron chi connectivity index (χ3n) is 3.25. The Morgan fingerprint density at radius 2 is 1.46 bits per heavy atom. The molecule has 0 spiro atoms. The van der Waals surface area contributed by atoms with Gasteiger partial charge in [0.15, 0.2) is 5.60 Å². The maximum absolute atomic E-state index is 12.4. The van der Waals surface area contributed by atoms with Gasteiger partial charge in [0.2, 0.25) is 0 Å². The largest absolute Gasteiger partial charge is 0.573 e. The standard InChI is InChI=1S/C18H15F3N2O3/c1-17(2,25-14-7-3-12(11-22)4-8-14)16(24)23-13-5-9-15(10-6-13)26-18(19,20)21/h3-10H,1-2H3,(H,23,24). The minimum atomic E-state index is -4.78. The number of rotatable bonds is 5. The summed E-state index contributed by atoms with van der Waals surface area (Å²) in [6, 6.07) is 13.0. The Morgan fingerprint density at radius 3 is 1.96 bits per heavy atom. The van der Waals surface area contributed by atoms with Crippen LogP contribution in [0.5, 0.6) is 11.5 Å². The zero-order valence-electron chi connectivity index (χ0n) is 13.9. The fraction of sp³-hybridized carbons (Fsp3) is 0.222. The molecule has 2 rings (SSSR count). The normalized spacial score (nSPS) is 11.4. The lowest BCUT2D eigenvalue weighted by Crippen LogP contribution is -2.42. The molecule has 8 heteroatoms. The summed E-state index contributed by atoms with van der Waals surface area (Å²) in [6.07, 6.45) is -4.78. The van der Waals surface area contributed by atoms with Crippen molar-refractivity contribution in [2.75, 3.05) is 5.32 Å². The van der Waals surface area contributed by atoms with Crippen LogP contribution < -0.4 is 14.8 Å². The number of ether oxygens (including phenoxy) is 2. The summed E-state index contributed by atoms with van der Waals surface area (Å²) in [4.78, 5) is 12.4. The Kier molecular flexibility index (Phi) is 5.41. The number of hydrogen-bond acceptors (Lipinski definition) is 4. The number of anilines is 1. The van der Waals surface area contributed by atoms with Gasteiger partial charge >= 0.3 is 6.36 Å². The second kappa shape index (κ2) is 7.35. The molecule has 0 fully saturated rings. The molecule has 26 heavy (non-hydrogen) atoms. The summed E-state index contributed by atoms with van der Waals surface area (Å²) < 4.78 is 45.8. The molecule has 0 aliphatic heterocycles. The quantitative estimate of drug-likeness (QED) is 0.861. The van der Waals surface area contributed by atoms with E-state index >= 15 is 0 Å². The summed E-state index contributed by atoms with van der Waals surface area (Å²) in [5.41, 5.74) is -0.503. The van der Waals surface area contributed by atoms with Crippen LogP contribution in [0.25, 0.3) is 0 Å². The van der Waals surface area contributed by atoms with Crippen molar-refractivity contribution in [2.24, 2.45) is 0 Å². The molecular weight excluding hydrogens is 349 g/mol. The van der Waals surface area contributed by atoms with Gasteiger partial charge in [-0.15, -0.1) is 13.2 Å². The number of nitrogens with zero attached hydrogens (tertiary/aromatic N) is 1. The minimum Gasteiger partial charge on any atom is -0.478 e. The van der Waals surface area contributed by atoms with E-state index in [9.17, 15) is 18.0 Å². The number of hydrogen-bond donors (Lipinski definition) is 1. The van der Waals surface area contributed by atoms with E-state index in [0.717, 1.165) is 12.1 Å². The number of benzene rings is 2. The fourth-order valence-corrected chi connectivity index (χ4v) is 1.96. The van der Waals surface area contributed by atoms with E-state index in [4.69, 9.17) is 10.00 Å². The van der Waals surface area contributed by atoms with Crippen molar-refractivity contribution in [1.82, 2.24) is 0 Å². The second-order valence-electron chi connectivity index (χ2n) is 5.77. The van der Waals surface area contributed by atoms with Crippen molar-refractivity contribution in [2.45, 2.75) is 25.8 Å². The van der Waals surface area contributed by atoms with E-state index in [-0.39, 0.29) is 5.75 Å². The predicted molar refractivity (Wildman–Crippen MR) is 87.6 cm³/mol. The molecule has 0 radical (unpaired) electrons. The van der Waals surface area contributed by atoms with Gasteiger partial charge in [-0.2, -0.15) is 5.26 Å². The maximum Gasteiger partial charge on any atom is 0.573 e. The van der Waals surface area contributed by atoms with Gasteiger partial charge < -0.3 is 14.8 Å². The van der Waals surface area contributed by atoms with Crippen LogP contribution in [0.2, 0.25) is 0 Å². The molecule has 1 N–H and O–H groups in total. The van der Waals surface area contributed by atoms with E-state index in [1.54, 1.807) is 38.1 Å². The van der Waals surface area contributed by atoms with Gasteiger partial charge in [-0.3, -0.25) is 4.79 Å². The van der Waals surface area contributed by atoms with Crippen molar-refractivity contribution in [3.8, 4) is 17.6 Å². The molecule has 5 nitrogen and oxygen atoms in total. The molecule has 0 aliphatic carbocycles. The van der Waals surface area contributed by atoms with E-state index in [0.29, 0.717) is 17.0 Å². The molecule has 2 aromatic carbocycles. The summed E-state index contributed by atoms with van der Waals surface area (Å²) in [5.74, 6) is -0.479. The van der Waals surface area contributed by atoms with Gasteiger partial charge in [-0.05, 0) is 62.4 Å². The summed E-state index contributed by atoms with van der Waals surface area (Å²) in [5, 5.41) is 11.3. The van der Waals surface area contributed by atoms with Gasteiger partial charge in [0.05, 0.1) is 11.6 Å². The number of nitriles is 1. The van der Waals surface area contributed by atoms with Gasteiger partial charge in [0, 0.05) is 5.69 Å². The molecule has 0 bridgehead atoms. The van der Waals surface area contributed by atoms with Crippen molar-refractivity contribution >= 4 is 11.6 Å². The molecule has 0 saturated carbocycles. The first kappa shape index (κ1) is 19.1. The number of halogens is 3. The highest BCUT2D eigenvalue weighted by atomic mass is 19.4. The van der Waals surface area contributed by atoms with Crippen molar-refractivity contribution in [3.63, 3.8) is 0 Å². The van der Waals surface area contributed by atoms with Crippen LogP contribution in [-0.4, -0.2) is 17.9 Å². The van der Waals surface area contributed by atoms with Crippen LogP contribution in [0.15, 0.2) is 48.5 Å². The third-order valence-corrected chi connectivity index (χ3v) is 3.25. The molecule has 1 amide bonds. The lowest BCUT2D eigenvalue weighted by atomic mass is 10.1. The number of alkyl halides is 3. The zero-order chi connectivity index (χ0) is 19.4. The Hall–Kier alpha value is -3.21. The van der Waals surface area contributed by atoms with Crippen LogP contribution in [-0.2, 0) is 4.79 Å². The zero-order valence-corrected chi connectivity index (χ0v) is 13.9. The van der Waals surface area contributed by atoms with Crippen LogP contribution in [0, 0.1) is 11.3 Å². The highest BCUT2D eigenvalue weighted by Crippen LogP contribution is 2.25. The number of carbonyl (C=O) groups excluding carboxylic acids is 1. The topological polar surface area (TPSA) is 71.3 Å². The fourth-order valence-electron chi connectivity index (χ4n) is 1.96. The molecule has 136 valence electrons. The first-order valence-electron chi connectivity index (χ1n) is 7.45. The van der Waals surface area contributed by atoms with Crippen LogP contribution in [0.1, 0.15) is 19.4 Å². The lowest BCUT2D eigenvalue weighted by molar-refractivity contribution is -0.274. The average Bonchev–Trinajstić information content (AvgIpc) is 2.55. The molecule has 0 unspecified atom stereocenters. The molecule has 0 atom stereocenters. The Morgan fingerprint density at radius 1 is 0.962 bits per heavy atom. The summed E-state index contributed by atoms with van der Waals surface area (Å²) in [6.45, 7) is 3.09. The van der Waals surface area contributed by atoms with Crippen molar-refractivity contribution in [1.29, 1.82) is 5.26 Å². The first-order valence-corrected chi connectivity index (χ1v) is 7.45. The summed E-state index contributed by atoms with van der Waals surface area (Å²) >= 11 is 0. The van der Waals surface area contributed by atoms with E-state index in [1.165, 1.54) is 12.1 Å². The van der Waals surface area contributed by atoms with Gasteiger partial charge in [0.1, 0.15) is 11.5 Å². The number of nitrogens with one attached hydrogen (secondary N) is 1. The SMILES string of the molecule is CC(C)(Oc1ccc(C#N)cc1)C(=O)Nc1ccc(OC(F)(F)F)cc1. The second-order valence-corrected chi connectivity index (χ2v) is 5.77. The van der Waals surface area contributed by atoms with Gasteiger partial charge in [-0.1, -0.05) is 0 Å². The molecule has 0 aromatic heterocycles. The molecule has 0 heterocycles. The van der Waals surface area contributed by atoms with Crippen LogP contribution in [0.3, 0.4) is 0 Å². The molecule has 0 saturated heterocycles. The first-order chi connectivity index (χ1) is 12.1. The predicted octanol–water partition coefficient (Wildman–Crippen LogP) is 4.25. The highest BCUT2D eigenvalue weighted by Gasteiger charge is 2.32. The van der Waals surface area contributed by atoms with Crippen molar-refractivity contribution < 1.29 is 27.4 Å². The monoisotopic (exact) mass is 364 g/mol. The van der Waals surface area contributed by atoms with Gasteiger partial charge in [-0.25, -0.2) is 0 Å². The average molecular weight is 364 g/mol.